The summed E-state index contributed by atoms with van der Waals surface area (Å²) in [6, 6.07) is 7.63. The van der Waals surface area contributed by atoms with Crippen LogP contribution in [0, 0.1) is 12.3 Å². The Labute approximate surface area is 202 Å². The fourth-order valence-electron chi connectivity index (χ4n) is 4.21. The van der Waals surface area contributed by atoms with Crippen molar-refractivity contribution >= 4 is 23.3 Å². The topological polar surface area (TPSA) is 134 Å². The highest BCUT2D eigenvalue weighted by atomic mass is 32.1. The number of hydrogen-bond acceptors (Lipinski definition) is 7. The number of carbonyl (C=O) groups is 2. The molecule has 10 heteroatoms. The zero-order valence-electron chi connectivity index (χ0n) is 19.6. The number of aliphatic hydroxyl groups excluding tert-OH is 1. The molecule has 0 saturated carbocycles. The van der Waals surface area contributed by atoms with Gasteiger partial charge in [0.2, 0.25) is 0 Å². The number of aromatic nitrogens is 3. The van der Waals surface area contributed by atoms with E-state index in [1.807, 2.05) is 36.7 Å². The number of β-amino-alcohol motifs (C(OH)–C–C–N with tert-alkyl or cyclic N) is 1. The third-order valence-electron chi connectivity index (χ3n) is 5.92. The Bertz CT molecular complexity index is 1180. The van der Waals surface area contributed by atoms with E-state index >= 15 is 0 Å². The molecule has 3 atom stereocenters. The highest BCUT2D eigenvalue weighted by molar-refractivity contribution is 7.13. The summed E-state index contributed by atoms with van der Waals surface area (Å²) in [6.45, 7) is 7.49. The van der Waals surface area contributed by atoms with Crippen LogP contribution in [0.2, 0.25) is 0 Å². The standard InChI is InChI=1S/C24H29N5O4S/c1-13-19(34-12-27-13)15-7-5-14(6-8-15)17-10-26-21(28-17)18-9-16(30)11-29(18)22(31)20(24(2,3)4)33-23(25)32/h5-8,10,12,16,18,20,30H,9,11H2,1-4H3,(H2,25,32)(H,26,28)/t16-,18+,20?/m1/s1. The second kappa shape index (κ2) is 9.19. The third kappa shape index (κ3) is 4.83. The van der Waals surface area contributed by atoms with Crippen molar-refractivity contribution < 1.29 is 19.4 Å². The number of aryl methyl sites for hydroxylation is 1. The lowest BCUT2D eigenvalue weighted by Gasteiger charge is -2.33. The van der Waals surface area contributed by atoms with Gasteiger partial charge >= 0.3 is 6.09 Å². The predicted octanol–water partition coefficient (Wildman–Crippen LogP) is 3.65. The lowest BCUT2D eigenvalue weighted by molar-refractivity contribution is -0.147. The molecule has 0 spiro atoms. The lowest BCUT2D eigenvalue weighted by Crippen LogP contribution is -2.48. The van der Waals surface area contributed by atoms with Gasteiger partial charge in [-0.05, 0) is 18.1 Å². The van der Waals surface area contributed by atoms with Crippen LogP contribution < -0.4 is 5.73 Å². The van der Waals surface area contributed by atoms with Crippen LogP contribution in [0.5, 0.6) is 0 Å². The number of likely N-dealkylation sites (tertiary alicyclic amines) is 1. The van der Waals surface area contributed by atoms with Crippen molar-refractivity contribution in [3.8, 4) is 21.7 Å². The zero-order chi connectivity index (χ0) is 24.6. The molecule has 1 aliphatic rings. The van der Waals surface area contributed by atoms with Crippen molar-refractivity contribution in [2.24, 2.45) is 11.1 Å². The number of aromatic amines is 1. The number of aliphatic hydroxyl groups is 1. The molecule has 1 unspecified atom stereocenters. The molecule has 180 valence electrons. The number of nitrogens with zero attached hydrogens (tertiary/aromatic N) is 3. The molecule has 1 aliphatic heterocycles. The Balaban J connectivity index is 1.57. The molecule has 0 aliphatic carbocycles. The monoisotopic (exact) mass is 483 g/mol. The highest BCUT2D eigenvalue weighted by Crippen LogP contribution is 2.35. The van der Waals surface area contributed by atoms with E-state index in [0.717, 1.165) is 27.4 Å². The van der Waals surface area contributed by atoms with E-state index < -0.39 is 35.7 Å². The average molecular weight is 484 g/mol. The smallest absolute Gasteiger partial charge is 0.405 e. The maximum atomic E-state index is 13.3. The maximum absolute atomic E-state index is 13.3. The van der Waals surface area contributed by atoms with E-state index in [9.17, 15) is 14.7 Å². The molecule has 2 aromatic heterocycles. The third-order valence-corrected chi connectivity index (χ3v) is 6.90. The molecule has 1 aromatic carbocycles. The Hall–Kier alpha value is -3.24. The van der Waals surface area contributed by atoms with E-state index in [1.54, 1.807) is 38.3 Å². The minimum Gasteiger partial charge on any atom is -0.436 e. The number of nitrogens with two attached hydrogens (primary N) is 1. The summed E-state index contributed by atoms with van der Waals surface area (Å²) in [6.07, 6.45) is -0.748. The lowest BCUT2D eigenvalue weighted by atomic mass is 9.88. The molecule has 2 amide bonds. The first kappa shape index (κ1) is 23.9. The number of amides is 2. The maximum Gasteiger partial charge on any atom is 0.405 e. The molecule has 4 rings (SSSR count). The number of thiazole rings is 1. The van der Waals surface area contributed by atoms with Gasteiger partial charge in [0.05, 0.1) is 40.1 Å². The summed E-state index contributed by atoms with van der Waals surface area (Å²) >= 11 is 1.60. The summed E-state index contributed by atoms with van der Waals surface area (Å²) in [4.78, 5) is 39.5. The van der Waals surface area contributed by atoms with Crippen LogP contribution in [0.25, 0.3) is 21.7 Å². The van der Waals surface area contributed by atoms with Gasteiger partial charge in [0.25, 0.3) is 5.91 Å². The molecule has 34 heavy (non-hydrogen) atoms. The normalized spacial score (nSPS) is 19.3. The van der Waals surface area contributed by atoms with Gasteiger partial charge in [-0.25, -0.2) is 14.8 Å². The van der Waals surface area contributed by atoms with Crippen LogP contribution in [0.15, 0.2) is 36.0 Å². The molecule has 1 saturated heterocycles. The van der Waals surface area contributed by atoms with Crippen molar-refractivity contribution in [1.29, 1.82) is 0 Å². The largest absolute Gasteiger partial charge is 0.436 e. The van der Waals surface area contributed by atoms with Gasteiger partial charge in [0.1, 0.15) is 5.82 Å². The van der Waals surface area contributed by atoms with E-state index in [1.165, 1.54) is 4.90 Å². The van der Waals surface area contributed by atoms with Gasteiger partial charge in [-0.1, -0.05) is 45.0 Å². The van der Waals surface area contributed by atoms with Gasteiger partial charge in [-0.15, -0.1) is 11.3 Å². The Morgan fingerprint density at radius 2 is 1.91 bits per heavy atom. The molecular weight excluding hydrogens is 454 g/mol. The molecule has 0 radical (unpaired) electrons. The van der Waals surface area contributed by atoms with Crippen LogP contribution in [-0.2, 0) is 9.53 Å². The van der Waals surface area contributed by atoms with Crippen LogP contribution in [0.4, 0.5) is 4.79 Å². The van der Waals surface area contributed by atoms with E-state index in [-0.39, 0.29) is 6.54 Å². The number of imidazole rings is 1. The number of nitrogens with one attached hydrogen (secondary N) is 1. The Morgan fingerprint density at radius 3 is 2.50 bits per heavy atom. The van der Waals surface area contributed by atoms with Crippen LogP contribution in [0.1, 0.15) is 44.8 Å². The van der Waals surface area contributed by atoms with Crippen LogP contribution in [0.3, 0.4) is 0 Å². The van der Waals surface area contributed by atoms with Crippen molar-refractivity contribution in [3.63, 3.8) is 0 Å². The van der Waals surface area contributed by atoms with E-state index in [2.05, 4.69) is 15.0 Å². The summed E-state index contributed by atoms with van der Waals surface area (Å²) in [5.74, 6) is 0.157. The molecule has 0 bridgehead atoms. The molecule has 3 heterocycles. The number of primary amides is 1. The molecule has 1 fully saturated rings. The summed E-state index contributed by atoms with van der Waals surface area (Å²) in [5.41, 5.74) is 10.2. The van der Waals surface area contributed by atoms with Crippen molar-refractivity contribution in [3.05, 3.63) is 47.5 Å². The molecule has 3 aromatic rings. The second-order valence-corrected chi connectivity index (χ2v) is 10.5. The van der Waals surface area contributed by atoms with Crippen LogP contribution >= 0.6 is 11.3 Å². The molecule has 4 N–H and O–H groups in total. The average Bonchev–Trinajstić information content (AvgIpc) is 3.50. The number of hydrogen-bond donors (Lipinski definition) is 3. The summed E-state index contributed by atoms with van der Waals surface area (Å²) in [7, 11) is 0. The zero-order valence-corrected chi connectivity index (χ0v) is 20.4. The van der Waals surface area contributed by atoms with Gasteiger partial charge in [-0.2, -0.15) is 0 Å². The molecule has 9 nitrogen and oxygen atoms in total. The summed E-state index contributed by atoms with van der Waals surface area (Å²) < 4.78 is 5.16. The van der Waals surface area contributed by atoms with Crippen molar-refractivity contribution in [2.75, 3.05) is 6.54 Å². The SMILES string of the molecule is Cc1ncsc1-c1ccc(-c2cnc([C@@H]3C[C@@H](O)CN3C(=O)C(OC(N)=O)C(C)(C)C)[nH]2)cc1. The van der Waals surface area contributed by atoms with Crippen molar-refractivity contribution in [1.82, 2.24) is 19.9 Å². The van der Waals surface area contributed by atoms with Gasteiger partial charge in [0, 0.05) is 18.4 Å². The minimum atomic E-state index is -1.07. The number of H-pyrrole nitrogens is 1. The first-order valence-electron chi connectivity index (χ1n) is 11.0. The number of carbonyl (C=O) groups excluding carboxylic acids is 2. The van der Waals surface area contributed by atoms with E-state index in [0.29, 0.717) is 12.2 Å². The van der Waals surface area contributed by atoms with Gasteiger partial charge < -0.3 is 25.5 Å². The first-order chi connectivity index (χ1) is 16.0. The summed E-state index contributed by atoms with van der Waals surface area (Å²) in [5, 5.41) is 10.3. The highest BCUT2D eigenvalue weighted by Gasteiger charge is 2.44. The fourth-order valence-corrected chi connectivity index (χ4v) is 5.03. The predicted molar refractivity (Wildman–Crippen MR) is 129 cm³/mol. The number of benzene rings is 1. The molecular formula is C24H29N5O4S. The van der Waals surface area contributed by atoms with E-state index in [4.69, 9.17) is 10.5 Å². The van der Waals surface area contributed by atoms with Gasteiger partial charge in [-0.3, -0.25) is 4.79 Å². The quantitative estimate of drug-likeness (QED) is 0.507. The Morgan fingerprint density at radius 1 is 1.24 bits per heavy atom. The number of ether oxygens (including phenoxy) is 1. The Kier molecular flexibility index (Phi) is 6.46. The first-order valence-corrected chi connectivity index (χ1v) is 11.9. The minimum absolute atomic E-state index is 0.122. The number of rotatable bonds is 5. The second-order valence-electron chi connectivity index (χ2n) is 9.61. The van der Waals surface area contributed by atoms with Crippen molar-refractivity contribution in [2.45, 2.75) is 52.4 Å². The fraction of sp³-hybridized carbons (Fsp3) is 0.417. The van der Waals surface area contributed by atoms with Crippen LogP contribution in [-0.4, -0.2) is 55.7 Å². The van der Waals surface area contributed by atoms with Gasteiger partial charge in [0.15, 0.2) is 6.10 Å².